The number of carbonyl (C=O) groups is 1. The van der Waals surface area contributed by atoms with Gasteiger partial charge in [0.15, 0.2) is 0 Å². The summed E-state index contributed by atoms with van der Waals surface area (Å²) in [6.45, 7) is 0.345. The molecule has 2 aromatic carbocycles. The Bertz CT molecular complexity index is 644. The van der Waals surface area contributed by atoms with E-state index in [4.69, 9.17) is 4.74 Å². The van der Waals surface area contributed by atoms with Gasteiger partial charge in [-0.05, 0) is 17.7 Å². The minimum absolute atomic E-state index is 0.0965. The summed E-state index contributed by atoms with van der Waals surface area (Å²) in [5.41, 5.74) is 0.557. The number of ether oxygens (including phenoxy) is 1. The molecule has 0 saturated heterocycles. The number of carbonyl (C=O) groups excluding carboxylic acids is 1. The van der Waals surface area contributed by atoms with Crippen molar-refractivity contribution < 1.29 is 23.4 Å². The number of rotatable bonds is 8. The standard InChI is InChI=1S/C18H19F2NO3/c19-14-7-4-8-15(20)18(14)16(22)11-21-17(23)9-10-24-12-13-5-2-1-3-6-13/h1-8,16,22H,9-12H2,(H,21,23). The molecule has 2 N–H and O–H groups in total. The van der Waals surface area contributed by atoms with Crippen molar-refractivity contribution in [2.75, 3.05) is 13.2 Å². The first-order chi connectivity index (χ1) is 11.6. The molecule has 0 bridgehead atoms. The van der Waals surface area contributed by atoms with Gasteiger partial charge in [-0.15, -0.1) is 0 Å². The molecule has 0 saturated carbocycles. The Kier molecular flexibility index (Phi) is 6.84. The quantitative estimate of drug-likeness (QED) is 0.729. The van der Waals surface area contributed by atoms with Crippen molar-refractivity contribution in [3.05, 3.63) is 71.3 Å². The van der Waals surface area contributed by atoms with E-state index >= 15 is 0 Å². The fourth-order valence-electron chi connectivity index (χ4n) is 2.16. The summed E-state index contributed by atoms with van der Waals surface area (Å²) in [5.74, 6) is -2.05. The van der Waals surface area contributed by atoms with Crippen molar-refractivity contribution in [1.82, 2.24) is 5.32 Å². The fraction of sp³-hybridized carbons (Fsp3) is 0.278. The van der Waals surface area contributed by atoms with Gasteiger partial charge >= 0.3 is 0 Å². The lowest BCUT2D eigenvalue weighted by Crippen LogP contribution is -2.29. The van der Waals surface area contributed by atoms with Crippen LogP contribution in [0.1, 0.15) is 23.7 Å². The highest BCUT2D eigenvalue weighted by Crippen LogP contribution is 2.19. The number of aliphatic hydroxyl groups is 1. The maximum Gasteiger partial charge on any atom is 0.222 e. The molecule has 0 radical (unpaired) electrons. The summed E-state index contributed by atoms with van der Waals surface area (Å²) in [6.07, 6.45) is -1.35. The van der Waals surface area contributed by atoms with Crippen LogP contribution >= 0.6 is 0 Å². The Morgan fingerprint density at radius 3 is 2.42 bits per heavy atom. The molecule has 0 heterocycles. The number of aliphatic hydroxyl groups excluding tert-OH is 1. The van der Waals surface area contributed by atoms with Crippen LogP contribution in [0, 0.1) is 11.6 Å². The first-order valence-corrected chi connectivity index (χ1v) is 7.58. The third kappa shape index (κ3) is 5.40. The Balaban J connectivity index is 1.69. The van der Waals surface area contributed by atoms with Crippen molar-refractivity contribution in [2.45, 2.75) is 19.1 Å². The molecular formula is C18H19F2NO3. The van der Waals surface area contributed by atoms with Gasteiger partial charge in [0, 0.05) is 13.0 Å². The molecule has 6 heteroatoms. The van der Waals surface area contributed by atoms with Crippen LogP contribution in [0.2, 0.25) is 0 Å². The summed E-state index contributed by atoms with van der Waals surface area (Å²) < 4.78 is 32.4. The zero-order valence-electron chi connectivity index (χ0n) is 13.0. The van der Waals surface area contributed by atoms with E-state index in [9.17, 15) is 18.7 Å². The maximum atomic E-state index is 13.5. The summed E-state index contributed by atoms with van der Waals surface area (Å²) in [5, 5.41) is 12.3. The molecule has 0 spiro atoms. The van der Waals surface area contributed by atoms with E-state index in [2.05, 4.69) is 5.32 Å². The summed E-state index contributed by atoms with van der Waals surface area (Å²) in [7, 11) is 0. The molecule has 0 aromatic heterocycles. The Morgan fingerprint density at radius 2 is 1.75 bits per heavy atom. The number of nitrogens with one attached hydrogen (secondary N) is 1. The number of hydrogen-bond acceptors (Lipinski definition) is 3. The van der Waals surface area contributed by atoms with Crippen LogP contribution in [-0.4, -0.2) is 24.2 Å². The number of halogens is 2. The number of hydrogen-bond donors (Lipinski definition) is 2. The van der Waals surface area contributed by atoms with E-state index in [1.807, 2.05) is 30.3 Å². The highest BCUT2D eigenvalue weighted by Gasteiger charge is 2.18. The summed E-state index contributed by atoms with van der Waals surface area (Å²) >= 11 is 0. The zero-order valence-corrected chi connectivity index (χ0v) is 13.0. The minimum atomic E-state index is -1.44. The number of amides is 1. The predicted octanol–water partition coefficient (Wildman–Crippen LogP) is 2.72. The lowest BCUT2D eigenvalue weighted by atomic mass is 10.1. The van der Waals surface area contributed by atoms with Crippen LogP contribution in [0.15, 0.2) is 48.5 Å². The summed E-state index contributed by atoms with van der Waals surface area (Å²) in [4.78, 5) is 11.7. The molecule has 0 aliphatic carbocycles. The molecule has 1 unspecified atom stereocenters. The smallest absolute Gasteiger partial charge is 0.222 e. The van der Waals surface area contributed by atoms with Gasteiger partial charge in [-0.25, -0.2) is 8.78 Å². The van der Waals surface area contributed by atoms with Crippen LogP contribution < -0.4 is 5.32 Å². The van der Waals surface area contributed by atoms with E-state index in [0.29, 0.717) is 6.61 Å². The lowest BCUT2D eigenvalue weighted by molar-refractivity contribution is -0.122. The van der Waals surface area contributed by atoms with Crippen LogP contribution in [0.5, 0.6) is 0 Å². The Labute approximate surface area is 139 Å². The second-order valence-corrected chi connectivity index (χ2v) is 5.24. The average Bonchev–Trinajstić information content (AvgIpc) is 2.57. The fourth-order valence-corrected chi connectivity index (χ4v) is 2.16. The molecule has 2 aromatic rings. The van der Waals surface area contributed by atoms with Gasteiger partial charge in [0.1, 0.15) is 17.7 Å². The second-order valence-electron chi connectivity index (χ2n) is 5.24. The number of benzene rings is 2. The van der Waals surface area contributed by atoms with Gasteiger partial charge in [-0.3, -0.25) is 4.79 Å². The van der Waals surface area contributed by atoms with E-state index in [1.165, 1.54) is 6.07 Å². The molecular weight excluding hydrogens is 316 g/mol. The van der Waals surface area contributed by atoms with Crippen molar-refractivity contribution >= 4 is 5.91 Å². The highest BCUT2D eigenvalue weighted by molar-refractivity contribution is 5.76. The Morgan fingerprint density at radius 1 is 1.08 bits per heavy atom. The normalized spacial score (nSPS) is 12.0. The lowest BCUT2D eigenvalue weighted by Gasteiger charge is -2.14. The predicted molar refractivity (Wildman–Crippen MR) is 85.0 cm³/mol. The molecule has 24 heavy (non-hydrogen) atoms. The van der Waals surface area contributed by atoms with Crippen molar-refractivity contribution in [3.8, 4) is 0 Å². The highest BCUT2D eigenvalue weighted by atomic mass is 19.1. The minimum Gasteiger partial charge on any atom is -0.386 e. The molecule has 1 amide bonds. The first kappa shape index (κ1) is 18.0. The Hall–Kier alpha value is -2.31. The third-order valence-corrected chi connectivity index (χ3v) is 3.41. The molecule has 1 atom stereocenters. The molecule has 4 nitrogen and oxygen atoms in total. The van der Waals surface area contributed by atoms with Crippen LogP contribution in [-0.2, 0) is 16.1 Å². The van der Waals surface area contributed by atoms with Gasteiger partial charge in [0.2, 0.25) is 5.91 Å². The molecule has 128 valence electrons. The molecule has 0 fully saturated rings. The first-order valence-electron chi connectivity index (χ1n) is 7.58. The van der Waals surface area contributed by atoms with E-state index in [0.717, 1.165) is 17.7 Å². The molecule has 0 aliphatic rings. The largest absolute Gasteiger partial charge is 0.386 e. The monoisotopic (exact) mass is 335 g/mol. The van der Waals surface area contributed by atoms with E-state index < -0.39 is 23.3 Å². The SMILES string of the molecule is O=C(CCOCc1ccccc1)NCC(O)c1c(F)cccc1F. The van der Waals surface area contributed by atoms with Crippen LogP contribution in [0.4, 0.5) is 8.78 Å². The van der Waals surface area contributed by atoms with Gasteiger partial charge < -0.3 is 15.2 Å². The zero-order chi connectivity index (χ0) is 17.4. The van der Waals surface area contributed by atoms with Gasteiger partial charge in [0.05, 0.1) is 18.8 Å². The van der Waals surface area contributed by atoms with E-state index in [-0.39, 0.29) is 25.5 Å². The average molecular weight is 335 g/mol. The van der Waals surface area contributed by atoms with Crippen molar-refractivity contribution in [1.29, 1.82) is 0 Å². The van der Waals surface area contributed by atoms with Crippen LogP contribution in [0.3, 0.4) is 0 Å². The van der Waals surface area contributed by atoms with Gasteiger partial charge in [-0.1, -0.05) is 36.4 Å². The molecule has 2 rings (SSSR count). The van der Waals surface area contributed by atoms with Crippen molar-refractivity contribution in [3.63, 3.8) is 0 Å². The second kappa shape index (κ2) is 9.10. The molecule has 0 aliphatic heterocycles. The van der Waals surface area contributed by atoms with Crippen LogP contribution in [0.25, 0.3) is 0 Å². The third-order valence-electron chi connectivity index (χ3n) is 3.41. The van der Waals surface area contributed by atoms with E-state index in [1.54, 1.807) is 0 Å². The maximum absolute atomic E-state index is 13.5. The topological polar surface area (TPSA) is 58.6 Å². The van der Waals surface area contributed by atoms with Gasteiger partial charge in [-0.2, -0.15) is 0 Å². The van der Waals surface area contributed by atoms with Gasteiger partial charge in [0.25, 0.3) is 0 Å². The van der Waals surface area contributed by atoms with Crippen molar-refractivity contribution in [2.24, 2.45) is 0 Å². The summed E-state index contributed by atoms with van der Waals surface area (Å²) in [6, 6.07) is 12.9.